The molecule has 102 valence electrons. The molecule has 0 amide bonds. The number of imidazole rings is 1. The zero-order valence-electron chi connectivity index (χ0n) is 9.93. The summed E-state index contributed by atoms with van der Waals surface area (Å²) in [5, 5.41) is 18.0. The second-order valence-corrected chi connectivity index (χ2v) is 5.05. The predicted molar refractivity (Wildman–Crippen MR) is 66.1 cm³/mol. The Hall–Kier alpha value is -1.48. The first-order valence-corrected chi connectivity index (χ1v) is 5.98. The molecule has 0 bridgehead atoms. The van der Waals surface area contributed by atoms with Crippen molar-refractivity contribution in [3.63, 3.8) is 0 Å². The molecular weight excluding hydrogens is 274 g/mol. The smallest absolute Gasteiger partial charge is 0.212 e. The van der Waals surface area contributed by atoms with Crippen LogP contribution >= 0.6 is 11.6 Å². The van der Waals surface area contributed by atoms with Crippen molar-refractivity contribution in [3.05, 3.63) is 12.7 Å². The minimum Gasteiger partial charge on any atom is -0.386 e. The van der Waals surface area contributed by atoms with E-state index < -0.39 is 23.5 Å². The lowest BCUT2D eigenvalue weighted by atomic mass is 10.1. The van der Waals surface area contributed by atoms with Gasteiger partial charge in [0.05, 0.1) is 12.4 Å². The van der Waals surface area contributed by atoms with Crippen LogP contribution in [0.2, 0.25) is 0 Å². The Balaban J connectivity index is 2.13. The van der Waals surface area contributed by atoms with Gasteiger partial charge in [-0.2, -0.15) is 0 Å². The summed E-state index contributed by atoms with van der Waals surface area (Å²) in [6.07, 6.45) is -0.199. The van der Waals surface area contributed by atoms with Crippen molar-refractivity contribution in [1.29, 1.82) is 0 Å². The number of aliphatic hydroxyl groups is 2. The molecule has 19 heavy (non-hydrogen) atoms. The van der Waals surface area contributed by atoms with Crippen LogP contribution in [0.15, 0.2) is 12.7 Å². The number of alkyl halides is 1. The highest BCUT2D eigenvalue weighted by Crippen LogP contribution is 2.42. The van der Waals surface area contributed by atoms with Gasteiger partial charge >= 0.3 is 0 Å². The molecule has 4 atom stereocenters. The zero-order chi connectivity index (χ0) is 13.8. The Morgan fingerprint density at radius 3 is 2.84 bits per heavy atom. The van der Waals surface area contributed by atoms with Gasteiger partial charge in [-0.1, -0.05) is 11.6 Å². The molecule has 0 aliphatic carbocycles. The van der Waals surface area contributed by atoms with Crippen LogP contribution in [0.25, 0.3) is 11.2 Å². The molecule has 3 rings (SSSR count). The van der Waals surface area contributed by atoms with E-state index in [1.807, 2.05) is 0 Å². The third-order valence-corrected chi connectivity index (χ3v) is 3.60. The number of nitrogens with zero attached hydrogens (tertiary/aromatic N) is 4. The van der Waals surface area contributed by atoms with Crippen molar-refractivity contribution < 1.29 is 14.9 Å². The molecule has 2 aromatic heterocycles. The van der Waals surface area contributed by atoms with Crippen LogP contribution < -0.4 is 5.73 Å². The van der Waals surface area contributed by atoms with Crippen molar-refractivity contribution in [3.8, 4) is 0 Å². The quantitative estimate of drug-likeness (QED) is 0.611. The van der Waals surface area contributed by atoms with Crippen molar-refractivity contribution in [2.45, 2.75) is 30.4 Å². The molecule has 3 heterocycles. The van der Waals surface area contributed by atoms with Crippen molar-refractivity contribution >= 4 is 28.6 Å². The summed E-state index contributed by atoms with van der Waals surface area (Å²) < 4.78 is 6.89. The van der Waals surface area contributed by atoms with Crippen LogP contribution in [0.4, 0.5) is 5.82 Å². The van der Waals surface area contributed by atoms with Crippen LogP contribution in [0, 0.1) is 0 Å². The molecular formula is C10H12ClN5O3. The molecule has 1 aliphatic heterocycles. The fourth-order valence-electron chi connectivity index (χ4n) is 2.15. The third kappa shape index (κ3) is 1.68. The molecule has 4 N–H and O–H groups in total. The Morgan fingerprint density at radius 1 is 1.47 bits per heavy atom. The van der Waals surface area contributed by atoms with Crippen LogP contribution in [-0.2, 0) is 4.74 Å². The Kier molecular flexibility index (Phi) is 2.65. The van der Waals surface area contributed by atoms with Gasteiger partial charge in [0.15, 0.2) is 17.7 Å². The highest BCUT2D eigenvalue weighted by atomic mass is 35.5. The average Bonchev–Trinajstić information content (AvgIpc) is 2.86. The predicted octanol–water partition coefficient (Wildman–Crippen LogP) is -0.386. The molecule has 0 radical (unpaired) electrons. The van der Waals surface area contributed by atoms with E-state index in [2.05, 4.69) is 15.0 Å². The highest BCUT2D eigenvalue weighted by Gasteiger charge is 2.54. The summed E-state index contributed by atoms with van der Waals surface area (Å²) in [6, 6.07) is 0. The second kappa shape index (κ2) is 4.01. The molecule has 1 aliphatic rings. The number of hydrogen-bond donors (Lipinski definition) is 3. The van der Waals surface area contributed by atoms with E-state index in [1.165, 1.54) is 17.2 Å². The van der Waals surface area contributed by atoms with Crippen molar-refractivity contribution in [1.82, 2.24) is 19.5 Å². The number of ether oxygens (including phenoxy) is 1. The van der Waals surface area contributed by atoms with Crippen molar-refractivity contribution in [2.75, 3.05) is 5.73 Å². The molecule has 0 spiro atoms. The fourth-order valence-corrected chi connectivity index (χ4v) is 2.48. The second-order valence-electron chi connectivity index (χ2n) is 4.45. The summed E-state index contributed by atoms with van der Waals surface area (Å²) in [5.74, 6) is 0.216. The number of fused-ring (bicyclic) bond motifs is 1. The standard InChI is InChI=1S/C10H12ClN5O3/c1-4-6(17)10(11,18)9(19-4)16-3-15-5-7(12)13-2-14-8(5)16/h2-4,6,9,17-18H,1H3,(H2,12,13,14)/t4-,6-,9-,10-/m1/s1. The van der Waals surface area contributed by atoms with Gasteiger partial charge in [0, 0.05) is 0 Å². The largest absolute Gasteiger partial charge is 0.386 e. The van der Waals surface area contributed by atoms with Crippen LogP contribution in [0.5, 0.6) is 0 Å². The summed E-state index contributed by atoms with van der Waals surface area (Å²) in [4.78, 5) is 11.9. The van der Waals surface area contributed by atoms with E-state index in [0.717, 1.165) is 0 Å². The molecule has 0 saturated carbocycles. The molecule has 2 aromatic rings. The Morgan fingerprint density at radius 2 is 2.21 bits per heavy atom. The number of aromatic nitrogens is 4. The maximum Gasteiger partial charge on any atom is 0.212 e. The van der Waals surface area contributed by atoms with Gasteiger partial charge in [-0.05, 0) is 6.92 Å². The number of nitrogen functional groups attached to an aromatic ring is 1. The number of anilines is 1. The first kappa shape index (κ1) is 12.5. The van der Waals surface area contributed by atoms with Crippen LogP contribution in [0.1, 0.15) is 13.2 Å². The third-order valence-electron chi connectivity index (χ3n) is 3.19. The lowest BCUT2D eigenvalue weighted by Gasteiger charge is -2.24. The van der Waals surface area contributed by atoms with Crippen LogP contribution in [0.3, 0.4) is 0 Å². The summed E-state index contributed by atoms with van der Waals surface area (Å²) in [6.45, 7) is 1.61. The first-order chi connectivity index (χ1) is 8.93. The molecule has 9 heteroatoms. The molecule has 8 nitrogen and oxygen atoms in total. The van der Waals surface area contributed by atoms with Gasteiger partial charge in [0.2, 0.25) is 5.06 Å². The number of nitrogens with two attached hydrogens (primary N) is 1. The Labute approximate surface area is 112 Å². The molecule has 1 fully saturated rings. The first-order valence-electron chi connectivity index (χ1n) is 5.60. The topological polar surface area (TPSA) is 119 Å². The van der Waals surface area contributed by atoms with Crippen LogP contribution in [-0.4, -0.2) is 47.0 Å². The van der Waals surface area contributed by atoms with E-state index >= 15 is 0 Å². The van der Waals surface area contributed by atoms with E-state index in [4.69, 9.17) is 22.1 Å². The number of aliphatic hydroxyl groups excluding tert-OH is 1. The van der Waals surface area contributed by atoms with E-state index in [-0.39, 0.29) is 5.82 Å². The average molecular weight is 286 g/mol. The number of rotatable bonds is 1. The highest BCUT2D eigenvalue weighted by molar-refractivity contribution is 6.23. The minimum atomic E-state index is -1.97. The SMILES string of the molecule is C[C@H]1O[C@@H](n2cnc3c(N)ncnc32)[C@@](O)(Cl)[C@@H]1O. The van der Waals surface area contributed by atoms with E-state index in [1.54, 1.807) is 6.92 Å². The molecule has 0 aromatic carbocycles. The zero-order valence-corrected chi connectivity index (χ0v) is 10.7. The van der Waals surface area contributed by atoms with Gasteiger partial charge in [-0.15, -0.1) is 0 Å². The maximum absolute atomic E-state index is 10.2. The fraction of sp³-hybridized carbons (Fsp3) is 0.500. The van der Waals surface area contributed by atoms with Crippen molar-refractivity contribution in [2.24, 2.45) is 0 Å². The van der Waals surface area contributed by atoms with E-state index in [0.29, 0.717) is 11.2 Å². The van der Waals surface area contributed by atoms with E-state index in [9.17, 15) is 10.2 Å². The maximum atomic E-state index is 10.2. The minimum absolute atomic E-state index is 0.216. The Bertz CT molecular complexity index is 631. The van der Waals surface area contributed by atoms with Gasteiger partial charge in [-0.3, -0.25) is 4.57 Å². The molecule has 1 saturated heterocycles. The van der Waals surface area contributed by atoms with Gasteiger partial charge < -0.3 is 20.7 Å². The lowest BCUT2D eigenvalue weighted by Crippen LogP contribution is -2.40. The number of hydrogen-bond acceptors (Lipinski definition) is 7. The van der Waals surface area contributed by atoms with Gasteiger partial charge in [0.1, 0.15) is 17.9 Å². The lowest BCUT2D eigenvalue weighted by molar-refractivity contribution is -0.0516. The number of halogens is 1. The van der Waals surface area contributed by atoms with Gasteiger partial charge in [0.25, 0.3) is 0 Å². The van der Waals surface area contributed by atoms with Gasteiger partial charge in [-0.25, -0.2) is 15.0 Å². The summed E-state index contributed by atoms with van der Waals surface area (Å²) in [7, 11) is 0. The normalized spacial score (nSPS) is 35.1. The monoisotopic (exact) mass is 285 g/mol. The summed E-state index contributed by atoms with van der Waals surface area (Å²) in [5.41, 5.74) is 6.43. The molecule has 0 unspecified atom stereocenters. The summed E-state index contributed by atoms with van der Waals surface area (Å²) >= 11 is 5.97.